The molecule has 0 saturated heterocycles. The highest BCUT2D eigenvalue weighted by atomic mass is 15.2. The molecule has 260 valence electrons. The highest BCUT2D eigenvalue weighted by molar-refractivity contribution is 6.36. The quantitative estimate of drug-likeness (QED) is 0.172. The van der Waals surface area contributed by atoms with Crippen LogP contribution in [0.5, 0.6) is 0 Å². The lowest BCUT2D eigenvalue weighted by Gasteiger charge is -2.25. The molecule has 0 spiro atoms. The third-order valence-corrected chi connectivity index (χ3v) is 11.2. The van der Waals surface area contributed by atoms with Crippen molar-refractivity contribution in [2.75, 3.05) is 9.80 Å². The van der Waals surface area contributed by atoms with E-state index in [1.807, 2.05) is 0 Å². The van der Waals surface area contributed by atoms with Gasteiger partial charge in [0.1, 0.15) is 0 Å². The van der Waals surface area contributed by atoms with Gasteiger partial charge in [-0.15, -0.1) is 0 Å². The Bertz CT molecular complexity index is 2800. The molecule has 4 heteroatoms. The van der Waals surface area contributed by atoms with E-state index < -0.39 is 0 Å². The van der Waals surface area contributed by atoms with Gasteiger partial charge in [0.2, 0.25) is 0 Å². The van der Waals surface area contributed by atoms with Crippen molar-refractivity contribution < 1.29 is 0 Å². The van der Waals surface area contributed by atoms with E-state index in [1.54, 1.807) is 0 Å². The van der Waals surface area contributed by atoms with Crippen molar-refractivity contribution in [3.63, 3.8) is 0 Å². The second-order valence-electron chi connectivity index (χ2n) is 14.5. The van der Waals surface area contributed by atoms with Crippen LogP contribution in [-0.4, -0.2) is 9.13 Å². The predicted molar refractivity (Wildman–Crippen MR) is 231 cm³/mol. The summed E-state index contributed by atoms with van der Waals surface area (Å²) in [5.41, 5.74) is 14.2. The molecule has 0 radical (unpaired) electrons. The Hall–Kier alpha value is -6.78. The smallest absolute Gasteiger partial charge is 0.0742 e. The van der Waals surface area contributed by atoms with Gasteiger partial charge in [0.25, 0.3) is 0 Å². The Balaban J connectivity index is 1.24. The molecule has 0 unspecified atom stereocenters. The van der Waals surface area contributed by atoms with Crippen molar-refractivity contribution in [1.29, 1.82) is 0 Å². The number of nitrogens with zero attached hydrogens (tertiary/aromatic N) is 4. The van der Waals surface area contributed by atoms with Gasteiger partial charge in [0, 0.05) is 69.8 Å². The summed E-state index contributed by atoms with van der Waals surface area (Å²) in [5, 5.41) is 7.65. The van der Waals surface area contributed by atoms with Gasteiger partial charge in [0.05, 0.1) is 22.1 Å². The number of para-hydroxylation sites is 2. The Morgan fingerprint density at radius 3 is 1.06 bits per heavy atom. The number of aromatic nitrogens is 2. The number of anilines is 6. The first kappa shape index (κ1) is 31.9. The van der Waals surface area contributed by atoms with Crippen molar-refractivity contribution in [3.05, 3.63) is 181 Å². The number of rotatable bonds is 6. The molecular weight excluding hydrogens is 657 g/mol. The molecule has 10 rings (SSSR count). The number of benzene rings is 8. The van der Waals surface area contributed by atoms with Gasteiger partial charge in [-0.3, -0.25) is 0 Å². The zero-order valence-electron chi connectivity index (χ0n) is 31.0. The molecule has 54 heavy (non-hydrogen) atoms. The zero-order chi connectivity index (χ0) is 36.5. The molecule has 0 aliphatic rings. The first-order valence-electron chi connectivity index (χ1n) is 18.6. The van der Waals surface area contributed by atoms with Crippen LogP contribution in [0, 0.1) is 13.8 Å². The van der Waals surface area contributed by atoms with E-state index in [9.17, 15) is 0 Å². The summed E-state index contributed by atoms with van der Waals surface area (Å²) in [5.74, 6) is 0. The van der Waals surface area contributed by atoms with Crippen molar-refractivity contribution in [2.45, 2.75) is 13.8 Å². The summed E-state index contributed by atoms with van der Waals surface area (Å²) >= 11 is 0. The van der Waals surface area contributed by atoms with Crippen molar-refractivity contribution >= 4 is 88.5 Å². The summed E-state index contributed by atoms with van der Waals surface area (Å²) < 4.78 is 4.84. The van der Waals surface area contributed by atoms with Crippen LogP contribution in [0.1, 0.15) is 11.1 Å². The van der Waals surface area contributed by atoms with Crippen LogP contribution in [0.4, 0.5) is 34.1 Å². The lowest BCUT2D eigenvalue weighted by molar-refractivity contribution is 0.986. The monoisotopic (exact) mass is 696 g/mol. The maximum Gasteiger partial charge on any atom is 0.0742 e. The fourth-order valence-corrected chi connectivity index (χ4v) is 8.58. The maximum atomic E-state index is 2.42. The molecule has 0 bridgehead atoms. The van der Waals surface area contributed by atoms with Crippen LogP contribution in [0.25, 0.3) is 54.4 Å². The third kappa shape index (κ3) is 4.91. The van der Waals surface area contributed by atoms with Crippen LogP contribution in [0.3, 0.4) is 0 Å². The normalized spacial score (nSPS) is 11.7. The van der Waals surface area contributed by atoms with Gasteiger partial charge >= 0.3 is 0 Å². The second kappa shape index (κ2) is 12.4. The topological polar surface area (TPSA) is 16.3 Å². The number of hydrogen-bond donors (Lipinski definition) is 0. The minimum absolute atomic E-state index is 1.13. The number of hydrogen-bond acceptors (Lipinski definition) is 2. The minimum atomic E-state index is 1.13. The number of aryl methyl sites for hydroxylation is 4. The van der Waals surface area contributed by atoms with Crippen LogP contribution in [-0.2, 0) is 14.1 Å². The largest absolute Gasteiger partial charge is 0.342 e. The summed E-state index contributed by atoms with van der Waals surface area (Å²) in [6, 6.07) is 61.9. The van der Waals surface area contributed by atoms with E-state index in [1.165, 1.54) is 65.5 Å². The Kier molecular flexibility index (Phi) is 7.34. The lowest BCUT2D eigenvalue weighted by atomic mass is 9.98. The average Bonchev–Trinajstić information content (AvgIpc) is 3.67. The van der Waals surface area contributed by atoms with E-state index in [0.29, 0.717) is 0 Å². The zero-order valence-corrected chi connectivity index (χ0v) is 31.0. The van der Waals surface area contributed by atoms with Crippen LogP contribution < -0.4 is 9.80 Å². The van der Waals surface area contributed by atoms with Crippen LogP contribution >= 0.6 is 0 Å². The van der Waals surface area contributed by atoms with Gasteiger partial charge in [-0.05, 0) is 97.4 Å². The van der Waals surface area contributed by atoms with E-state index in [4.69, 9.17) is 0 Å². The standard InChI is InChI=1S/C50H40N4/c1-33-19-23-37(24-20-33)53(35-13-7-5-8-14-35)39-27-29-43-45(31-39)51(3)49-47(43)41-17-11-12-18-42(41)48-44-30-28-40(32-46(44)52(4)50(48)49)54(36-15-9-6-10-16-36)38-25-21-34(2)22-26-38/h5-32H,1-4H3. The molecule has 2 aromatic heterocycles. The molecule has 0 atom stereocenters. The van der Waals surface area contributed by atoms with Gasteiger partial charge < -0.3 is 18.9 Å². The van der Waals surface area contributed by atoms with Crippen molar-refractivity contribution in [2.24, 2.45) is 14.1 Å². The molecule has 0 N–H and O–H groups in total. The van der Waals surface area contributed by atoms with Gasteiger partial charge in [-0.2, -0.15) is 0 Å². The summed E-state index contributed by atoms with van der Waals surface area (Å²) in [7, 11) is 4.47. The Morgan fingerprint density at radius 1 is 0.333 bits per heavy atom. The van der Waals surface area contributed by atoms with Gasteiger partial charge in [-0.1, -0.05) is 108 Å². The first-order valence-corrected chi connectivity index (χ1v) is 18.6. The molecule has 4 nitrogen and oxygen atoms in total. The fraction of sp³-hybridized carbons (Fsp3) is 0.0800. The molecule has 0 aliphatic carbocycles. The van der Waals surface area contributed by atoms with Gasteiger partial charge in [-0.25, -0.2) is 0 Å². The maximum absolute atomic E-state index is 2.42. The van der Waals surface area contributed by atoms with E-state index in [2.05, 4.69) is 217 Å². The highest BCUT2D eigenvalue weighted by Crippen LogP contribution is 2.47. The first-order chi connectivity index (χ1) is 26.5. The molecule has 8 aromatic carbocycles. The molecule has 10 aromatic rings. The molecule has 0 saturated carbocycles. The summed E-state index contributed by atoms with van der Waals surface area (Å²) in [6.45, 7) is 4.28. The van der Waals surface area contributed by atoms with E-state index >= 15 is 0 Å². The van der Waals surface area contributed by atoms with Crippen LogP contribution in [0.2, 0.25) is 0 Å². The summed E-state index contributed by atoms with van der Waals surface area (Å²) in [6.07, 6.45) is 0. The lowest BCUT2D eigenvalue weighted by Crippen LogP contribution is -2.10. The molecule has 0 amide bonds. The fourth-order valence-electron chi connectivity index (χ4n) is 8.58. The molecule has 2 heterocycles. The third-order valence-electron chi connectivity index (χ3n) is 11.2. The molecule has 0 aliphatic heterocycles. The second-order valence-corrected chi connectivity index (χ2v) is 14.5. The Morgan fingerprint density at radius 2 is 0.667 bits per heavy atom. The average molecular weight is 697 g/mol. The SMILES string of the molecule is Cc1ccc(N(c2ccccc2)c2ccc3c4c5ccccc5c5c6ccc(N(c7ccccc7)c7ccc(C)cc7)cc6n(C)c5c4n(C)c3c2)cc1. The molecular formula is C50H40N4. The van der Waals surface area contributed by atoms with Gasteiger partial charge in [0.15, 0.2) is 0 Å². The van der Waals surface area contributed by atoms with E-state index in [0.717, 1.165) is 34.1 Å². The van der Waals surface area contributed by atoms with Crippen molar-refractivity contribution in [3.8, 4) is 0 Å². The minimum Gasteiger partial charge on any atom is -0.342 e. The van der Waals surface area contributed by atoms with Crippen LogP contribution in [0.15, 0.2) is 170 Å². The Labute approximate surface area is 315 Å². The summed E-state index contributed by atoms with van der Waals surface area (Å²) in [4.78, 5) is 4.71. The molecule has 0 fully saturated rings. The predicted octanol–water partition coefficient (Wildman–Crippen LogP) is 13.7. The number of fused-ring (bicyclic) bond motifs is 10. The highest BCUT2D eigenvalue weighted by Gasteiger charge is 2.23. The van der Waals surface area contributed by atoms with Crippen molar-refractivity contribution in [1.82, 2.24) is 9.13 Å². The van der Waals surface area contributed by atoms with E-state index in [-0.39, 0.29) is 0 Å².